The number of rotatable bonds is 3. The fraction of sp³-hybridized carbons (Fsp3) is 0.500. The summed E-state index contributed by atoms with van der Waals surface area (Å²) in [6, 6.07) is 4.05. The van der Waals surface area contributed by atoms with Crippen molar-refractivity contribution in [2.24, 2.45) is 0 Å². The molecule has 0 atom stereocenters. The first-order chi connectivity index (χ1) is 10.3. The van der Waals surface area contributed by atoms with E-state index in [0.717, 1.165) is 23.6 Å². The minimum atomic E-state index is 0.0240. The largest absolute Gasteiger partial charge is 0.462 e. The maximum atomic E-state index is 12.6. The van der Waals surface area contributed by atoms with Gasteiger partial charge in [0.1, 0.15) is 5.69 Å². The van der Waals surface area contributed by atoms with E-state index in [1.54, 1.807) is 6.26 Å². The maximum Gasteiger partial charge on any atom is 0.273 e. The van der Waals surface area contributed by atoms with Crippen molar-refractivity contribution in [3.05, 3.63) is 29.5 Å². The molecule has 1 aliphatic carbocycles. The van der Waals surface area contributed by atoms with Crippen molar-refractivity contribution in [1.82, 2.24) is 9.88 Å². The van der Waals surface area contributed by atoms with E-state index in [1.165, 1.54) is 37.0 Å². The second-order valence-electron chi connectivity index (χ2n) is 5.58. The Morgan fingerprint density at radius 1 is 1.33 bits per heavy atom. The van der Waals surface area contributed by atoms with Crippen molar-refractivity contribution in [1.29, 1.82) is 0 Å². The first-order valence-corrected chi connectivity index (χ1v) is 8.40. The molecule has 5 heteroatoms. The van der Waals surface area contributed by atoms with E-state index < -0.39 is 0 Å². The third-order valence-electron chi connectivity index (χ3n) is 4.15. The van der Waals surface area contributed by atoms with Crippen LogP contribution in [-0.4, -0.2) is 28.9 Å². The SMILES string of the molecule is CN(C(=O)c1csc(-c2ccco2)n1)C1CCCCCC1. The number of thiazole rings is 1. The molecule has 1 saturated carbocycles. The highest BCUT2D eigenvalue weighted by Gasteiger charge is 2.24. The average molecular weight is 304 g/mol. The van der Waals surface area contributed by atoms with Crippen molar-refractivity contribution in [3.8, 4) is 10.8 Å². The number of aromatic nitrogens is 1. The Kier molecular flexibility index (Phi) is 4.39. The number of carbonyl (C=O) groups is 1. The smallest absolute Gasteiger partial charge is 0.273 e. The Labute approximate surface area is 128 Å². The van der Waals surface area contributed by atoms with Gasteiger partial charge >= 0.3 is 0 Å². The summed E-state index contributed by atoms with van der Waals surface area (Å²) in [6.07, 6.45) is 8.86. The first-order valence-electron chi connectivity index (χ1n) is 7.52. The maximum absolute atomic E-state index is 12.6. The van der Waals surface area contributed by atoms with Crippen LogP contribution in [0.4, 0.5) is 0 Å². The van der Waals surface area contributed by atoms with Gasteiger partial charge in [-0.2, -0.15) is 0 Å². The zero-order valence-corrected chi connectivity index (χ0v) is 13.1. The van der Waals surface area contributed by atoms with E-state index in [9.17, 15) is 4.79 Å². The summed E-state index contributed by atoms with van der Waals surface area (Å²) in [6.45, 7) is 0. The zero-order chi connectivity index (χ0) is 14.7. The van der Waals surface area contributed by atoms with Crippen LogP contribution in [0.3, 0.4) is 0 Å². The van der Waals surface area contributed by atoms with Crippen LogP contribution in [0, 0.1) is 0 Å². The van der Waals surface area contributed by atoms with Gasteiger partial charge in [-0.3, -0.25) is 4.79 Å². The van der Waals surface area contributed by atoms with E-state index in [-0.39, 0.29) is 5.91 Å². The summed E-state index contributed by atoms with van der Waals surface area (Å²) in [5, 5.41) is 2.59. The van der Waals surface area contributed by atoms with Crippen LogP contribution >= 0.6 is 11.3 Å². The molecule has 0 spiro atoms. The molecule has 0 saturated heterocycles. The molecule has 0 aromatic carbocycles. The molecule has 2 aromatic heterocycles. The van der Waals surface area contributed by atoms with Gasteiger partial charge in [0.2, 0.25) is 0 Å². The van der Waals surface area contributed by atoms with E-state index in [4.69, 9.17) is 4.42 Å². The lowest BCUT2D eigenvalue weighted by molar-refractivity contribution is 0.0712. The number of amides is 1. The average Bonchev–Trinajstić information content (AvgIpc) is 3.12. The third-order valence-corrected chi connectivity index (χ3v) is 5.00. The Bertz CT molecular complexity index is 583. The molecule has 4 nitrogen and oxygen atoms in total. The lowest BCUT2D eigenvalue weighted by Crippen LogP contribution is -2.36. The number of hydrogen-bond donors (Lipinski definition) is 0. The molecule has 0 N–H and O–H groups in total. The van der Waals surface area contributed by atoms with Crippen LogP contribution in [0.1, 0.15) is 49.0 Å². The van der Waals surface area contributed by atoms with Crippen molar-refractivity contribution in [2.45, 2.75) is 44.6 Å². The fourth-order valence-corrected chi connectivity index (χ4v) is 3.64. The zero-order valence-electron chi connectivity index (χ0n) is 12.2. The molecular formula is C16H20N2O2S. The second kappa shape index (κ2) is 6.43. The molecule has 0 unspecified atom stereocenters. The molecule has 3 rings (SSSR count). The van der Waals surface area contributed by atoms with Gasteiger partial charge in [0, 0.05) is 18.5 Å². The Morgan fingerprint density at radius 3 is 2.76 bits per heavy atom. The Morgan fingerprint density at radius 2 is 2.10 bits per heavy atom. The summed E-state index contributed by atoms with van der Waals surface area (Å²) < 4.78 is 5.33. The van der Waals surface area contributed by atoms with Crippen molar-refractivity contribution >= 4 is 17.2 Å². The standard InChI is InChI=1S/C16H20N2O2S/c1-18(12-7-4-2-3-5-8-12)16(19)13-11-21-15(17-13)14-9-6-10-20-14/h6,9-12H,2-5,7-8H2,1H3. The predicted molar refractivity (Wildman–Crippen MR) is 83.4 cm³/mol. The number of furan rings is 1. The molecule has 21 heavy (non-hydrogen) atoms. The summed E-state index contributed by atoms with van der Waals surface area (Å²) >= 11 is 1.45. The first kappa shape index (κ1) is 14.3. The fourth-order valence-electron chi connectivity index (χ4n) is 2.88. The molecule has 1 amide bonds. The predicted octanol–water partition coefficient (Wildman–Crippen LogP) is 4.20. The van der Waals surface area contributed by atoms with Crippen molar-refractivity contribution in [3.63, 3.8) is 0 Å². The van der Waals surface area contributed by atoms with Crippen molar-refractivity contribution < 1.29 is 9.21 Å². The van der Waals surface area contributed by atoms with E-state index in [0.29, 0.717) is 11.7 Å². The van der Waals surface area contributed by atoms with Crippen LogP contribution in [0.15, 0.2) is 28.2 Å². The van der Waals surface area contributed by atoms with Gasteiger partial charge in [-0.25, -0.2) is 4.98 Å². The number of nitrogens with zero attached hydrogens (tertiary/aromatic N) is 2. The minimum Gasteiger partial charge on any atom is -0.462 e. The van der Waals surface area contributed by atoms with E-state index >= 15 is 0 Å². The summed E-state index contributed by atoms with van der Waals surface area (Å²) in [4.78, 5) is 18.9. The minimum absolute atomic E-state index is 0.0240. The molecule has 1 aliphatic rings. The summed E-state index contributed by atoms with van der Waals surface area (Å²) in [7, 11) is 1.91. The molecule has 0 aliphatic heterocycles. The van der Waals surface area contributed by atoms with Gasteiger partial charge in [0.15, 0.2) is 10.8 Å². The van der Waals surface area contributed by atoms with Gasteiger partial charge in [-0.15, -0.1) is 11.3 Å². The van der Waals surface area contributed by atoms with Gasteiger partial charge in [0.25, 0.3) is 5.91 Å². The van der Waals surface area contributed by atoms with Gasteiger partial charge in [0.05, 0.1) is 6.26 Å². The Hall–Kier alpha value is -1.62. The van der Waals surface area contributed by atoms with E-state index in [2.05, 4.69) is 4.98 Å². The van der Waals surface area contributed by atoms with Crippen LogP contribution in [0.2, 0.25) is 0 Å². The molecule has 1 fully saturated rings. The summed E-state index contributed by atoms with van der Waals surface area (Å²) in [5.41, 5.74) is 0.526. The van der Waals surface area contributed by atoms with Crippen molar-refractivity contribution in [2.75, 3.05) is 7.05 Å². The third kappa shape index (κ3) is 3.18. The molecular weight excluding hydrogens is 284 g/mol. The highest BCUT2D eigenvalue weighted by atomic mass is 32.1. The lowest BCUT2D eigenvalue weighted by Gasteiger charge is -2.26. The monoisotopic (exact) mass is 304 g/mol. The van der Waals surface area contributed by atoms with Gasteiger partial charge in [-0.1, -0.05) is 25.7 Å². The lowest BCUT2D eigenvalue weighted by atomic mass is 10.1. The highest BCUT2D eigenvalue weighted by Crippen LogP contribution is 2.26. The quantitative estimate of drug-likeness (QED) is 0.798. The number of hydrogen-bond acceptors (Lipinski definition) is 4. The molecule has 0 radical (unpaired) electrons. The number of carbonyl (C=O) groups excluding carboxylic acids is 1. The second-order valence-corrected chi connectivity index (χ2v) is 6.43. The normalized spacial score (nSPS) is 16.6. The highest BCUT2D eigenvalue weighted by molar-refractivity contribution is 7.13. The van der Waals surface area contributed by atoms with Gasteiger partial charge in [-0.05, 0) is 25.0 Å². The van der Waals surface area contributed by atoms with Crippen LogP contribution < -0.4 is 0 Å². The van der Waals surface area contributed by atoms with Gasteiger partial charge < -0.3 is 9.32 Å². The Balaban J connectivity index is 1.72. The summed E-state index contributed by atoms with van der Waals surface area (Å²) in [5.74, 6) is 0.743. The topological polar surface area (TPSA) is 46.3 Å². The molecule has 2 heterocycles. The van der Waals surface area contributed by atoms with E-state index in [1.807, 2.05) is 29.5 Å². The van der Waals surface area contributed by atoms with Crippen LogP contribution in [-0.2, 0) is 0 Å². The molecule has 2 aromatic rings. The molecule has 112 valence electrons. The van der Waals surface area contributed by atoms with Crippen LogP contribution in [0.5, 0.6) is 0 Å². The van der Waals surface area contributed by atoms with Crippen LogP contribution in [0.25, 0.3) is 10.8 Å². The molecule has 0 bridgehead atoms.